The van der Waals surface area contributed by atoms with Crippen molar-refractivity contribution >= 4 is 11.8 Å². The van der Waals surface area contributed by atoms with Crippen LogP contribution < -0.4 is 10.6 Å². The van der Waals surface area contributed by atoms with E-state index in [-0.39, 0.29) is 24.8 Å². The fourth-order valence-corrected chi connectivity index (χ4v) is 3.41. The molecule has 0 radical (unpaired) electrons. The Morgan fingerprint density at radius 2 is 2.00 bits per heavy atom. The summed E-state index contributed by atoms with van der Waals surface area (Å²) in [4.78, 5) is 26.0. The number of hydrogen-bond acceptors (Lipinski definition) is 4. The number of piperazine rings is 1. The summed E-state index contributed by atoms with van der Waals surface area (Å²) >= 11 is 0. The third-order valence-electron chi connectivity index (χ3n) is 4.91. The molecule has 24 heavy (non-hydrogen) atoms. The lowest BCUT2D eigenvalue weighted by Crippen LogP contribution is -2.56. The minimum atomic E-state index is -0.462. The smallest absolute Gasteiger partial charge is 0.237 e. The minimum Gasteiger partial charge on any atom is -0.392 e. The van der Waals surface area contributed by atoms with Crippen molar-refractivity contribution in [2.75, 3.05) is 20.1 Å². The second-order valence-electron chi connectivity index (χ2n) is 6.41. The number of carbonyl (C=O) groups is 2. The van der Waals surface area contributed by atoms with Gasteiger partial charge in [-0.15, -0.1) is 0 Å². The zero-order valence-corrected chi connectivity index (χ0v) is 14.9. The first-order valence-corrected chi connectivity index (χ1v) is 8.30. The lowest BCUT2D eigenvalue weighted by molar-refractivity contribution is -0.134. The van der Waals surface area contributed by atoms with E-state index in [2.05, 4.69) is 21.6 Å². The summed E-state index contributed by atoms with van der Waals surface area (Å²) in [6, 6.07) is 1.61. The molecule has 0 aromatic heterocycles. The maximum Gasteiger partial charge on any atom is 0.237 e. The van der Waals surface area contributed by atoms with Crippen molar-refractivity contribution in [3.63, 3.8) is 0 Å². The molecular weight excluding hydrogens is 306 g/mol. The molecule has 0 saturated carbocycles. The summed E-state index contributed by atoms with van der Waals surface area (Å²) in [5.74, 6) is -0.245. The van der Waals surface area contributed by atoms with Crippen LogP contribution in [0.5, 0.6) is 0 Å². The van der Waals surface area contributed by atoms with Crippen LogP contribution in [0.4, 0.5) is 0 Å². The molecule has 1 atom stereocenters. The first kappa shape index (κ1) is 18.4. The van der Waals surface area contributed by atoms with Gasteiger partial charge in [0.15, 0.2) is 0 Å². The van der Waals surface area contributed by atoms with Crippen molar-refractivity contribution in [3.8, 4) is 0 Å². The SMILES string of the molecule is CNC(=O)C[C@H]1C(=O)NCCN1Cc1c(C)cc(C)c(CO)c1C. The standard InChI is InChI=1S/C18H27N3O3/c1-11-7-12(2)15(10-22)13(3)14(11)9-21-6-5-20-18(24)16(21)8-17(23)19-4/h7,16,22H,5-6,8-10H2,1-4H3,(H,19,23)(H,20,24)/t16-/m0/s1. The van der Waals surface area contributed by atoms with Gasteiger partial charge in [0.05, 0.1) is 19.1 Å². The fraction of sp³-hybridized carbons (Fsp3) is 0.556. The monoisotopic (exact) mass is 333 g/mol. The molecule has 0 unspecified atom stereocenters. The molecule has 0 spiro atoms. The third kappa shape index (κ3) is 3.76. The quantitative estimate of drug-likeness (QED) is 0.735. The average molecular weight is 333 g/mol. The van der Waals surface area contributed by atoms with Crippen LogP contribution in [-0.2, 0) is 22.7 Å². The Balaban J connectivity index is 2.30. The van der Waals surface area contributed by atoms with Crippen molar-refractivity contribution in [2.24, 2.45) is 0 Å². The highest BCUT2D eigenvalue weighted by Gasteiger charge is 2.32. The van der Waals surface area contributed by atoms with Crippen molar-refractivity contribution < 1.29 is 14.7 Å². The van der Waals surface area contributed by atoms with Crippen molar-refractivity contribution in [3.05, 3.63) is 33.9 Å². The van der Waals surface area contributed by atoms with Gasteiger partial charge in [0.1, 0.15) is 0 Å². The Kier molecular flexibility index (Phi) is 5.96. The summed E-state index contributed by atoms with van der Waals surface area (Å²) in [5.41, 5.74) is 5.36. The average Bonchev–Trinajstić information content (AvgIpc) is 2.54. The van der Waals surface area contributed by atoms with Gasteiger partial charge in [0, 0.05) is 26.7 Å². The molecule has 1 fully saturated rings. The van der Waals surface area contributed by atoms with Gasteiger partial charge in [-0.25, -0.2) is 0 Å². The second-order valence-corrected chi connectivity index (χ2v) is 6.41. The molecule has 1 saturated heterocycles. The van der Waals surface area contributed by atoms with Gasteiger partial charge in [-0.2, -0.15) is 0 Å². The van der Waals surface area contributed by atoms with E-state index in [1.165, 1.54) is 0 Å². The van der Waals surface area contributed by atoms with Gasteiger partial charge < -0.3 is 15.7 Å². The largest absolute Gasteiger partial charge is 0.392 e. The highest BCUT2D eigenvalue weighted by Crippen LogP contribution is 2.25. The minimum absolute atomic E-state index is 0.00705. The maximum atomic E-state index is 12.2. The number of rotatable bonds is 5. The van der Waals surface area contributed by atoms with Gasteiger partial charge in [-0.05, 0) is 48.6 Å². The number of aryl methyl sites for hydroxylation is 2. The van der Waals surface area contributed by atoms with Crippen LogP contribution in [0.2, 0.25) is 0 Å². The molecule has 6 nitrogen and oxygen atoms in total. The number of aliphatic hydroxyl groups excluding tert-OH is 1. The molecule has 1 aromatic rings. The Morgan fingerprint density at radius 1 is 1.33 bits per heavy atom. The summed E-state index contributed by atoms with van der Waals surface area (Å²) in [5, 5.41) is 15.1. The number of nitrogens with one attached hydrogen (secondary N) is 2. The maximum absolute atomic E-state index is 12.2. The summed E-state index contributed by atoms with van der Waals surface area (Å²) in [6.45, 7) is 7.95. The third-order valence-corrected chi connectivity index (χ3v) is 4.91. The topological polar surface area (TPSA) is 81.7 Å². The predicted molar refractivity (Wildman–Crippen MR) is 92.5 cm³/mol. The molecule has 3 N–H and O–H groups in total. The number of nitrogens with zero attached hydrogens (tertiary/aromatic N) is 1. The Hall–Kier alpha value is -1.92. The molecular formula is C18H27N3O3. The zero-order valence-electron chi connectivity index (χ0n) is 14.9. The van der Waals surface area contributed by atoms with Gasteiger partial charge in [0.25, 0.3) is 0 Å². The van der Waals surface area contributed by atoms with Crippen LogP contribution >= 0.6 is 0 Å². The van der Waals surface area contributed by atoms with Crippen molar-refractivity contribution in [1.29, 1.82) is 0 Å². The Labute approximate surface area is 143 Å². The highest BCUT2D eigenvalue weighted by molar-refractivity contribution is 5.88. The molecule has 1 aliphatic heterocycles. The van der Waals surface area contributed by atoms with Crippen LogP contribution in [-0.4, -0.2) is 48.0 Å². The molecule has 0 bridgehead atoms. The lowest BCUT2D eigenvalue weighted by atomic mass is 9.92. The number of carbonyl (C=O) groups excluding carboxylic acids is 2. The highest BCUT2D eigenvalue weighted by atomic mass is 16.3. The zero-order chi connectivity index (χ0) is 17.9. The van der Waals surface area contributed by atoms with Gasteiger partial charge in [-0.1, -0.05) is 6.07 Å². The first-order valence-electron chi connectivity index (χ1n) is 8.30. The van der Waals surface area contributed by atoms with Crippen LogP contribution in [0.3, 0.4) is 0 Å². The second kappa shape index (κ2) is 7.77. The summed E-state index contributed by atoms with van der Waals surface area (Å²) < 4.78 is 0. The van der Waals surface area contributed by atoms with E-state index in [4.69, 9.17) is 0 Å². The van der Waals surface area contributed by atoms with E-state index >= 15 is 0 Å². The van der Waals surface area contributed by atoms with E-state index < -0.39 is 6.04 Å². The van der Waals surface area contributed by atoms with E-state index in [0.29, 0.717) is 19.6 Å². The summed E-state index contributed by atoms with van der Waals surface area (Å²) in [7, 11) is 1.58. The van der Waals surface area contributed by atoms with E-state index in [0.717, 1.165) is 27.8 Å². The predicted octanol–water partition coefficient (Wildman–Crippen LogP) is 0.541. The van der Waals surface area contributed by atoms with Crippen LogP contribution in [0, 0.1) is 20.8 Å². The molecule has 132 valence electrons. The van der Waals surface area contributed by atoms with E-state index in [1.807, 2.05) is 20.8 Å². The number of amides is 2. The number of benzene rings is 1. The normalized spacial score (nSPS) is 18.4. The lowest BCUT2D eigenvalue weighted by Gasteiger charge is -2.35. The Morgan fingerprint density at radius 3 is 2.62 bits per heavy atom. The number of hydrogen-bond donors (Lipinski definition) is 3. The van der Waals surface area contributed by atoms with E-state index in [9.17, 15) is 14.7 Å². The van der Waals surface area contributed by atoms with Crippen LogP contribution in [0.1, 0.15) is 34.2 Å². The molecule has 2 rings (SSSR count). The molecule has 2 amide bonds. The van der Waals surface area contributed by atoms with Crippen molar-refractivity contribution in [1.82, 2.24) is 15.5 Å². The first-order chi connectivity index (χ1) is 11.4. The van der Waals surface area contributed by atoms with Gasteiger partial charge in [-0.3, -0.25) is 14.5 Å². The van der Waals surface area contributed by atoms with Gasteiger partial charge >= 0.3 is 0 Å². The Bertz CT molecular complexity index is 643. The van der Waals surface area contributed by atoms with Crippen LogP contribution in [0.25, 0.3) is 0 Å². The molecule has 1 heterocycles. The molecule has 0 aliphatic carbocycles. The fourth-order valence-electron chi connectivity index (χ4n) is 3.41. The number of aliphatic hydroxyl groups is 1. The van der Waals surface area contributed by atoms with Gasteiger partial charge in [0.2, 0.25) is 11.8 Å². The molecule has 1 aliphatic rings. The molecule has 6 heteroatoms. The van der Waals surface area contributed by atoms with E-state index in [1.54, 1.807) is 7.05 Å². The summed E-state index contributed by atoms with van der Waals surface area (Å²) in [6.07, 6.45) is 0.152. The van der Waals surface area contributed by atoms with Crippen LogP contribution in [0.15, 0.2) is 6.07 Å². The van der Waals surface area contributed by atoms with Crippen molar-refractivity contribution in [2.45, 2.75) is 46.4 Å². The molecule has 1 aromatic carbocycles.